The Morgan fingerprint density at radius 2 is 1.24 bits per heavy atom. The molecule has 0 aliphatic rings. The van der Waals surface area contributed by atoms with Crippen LogP contribution in [-0.4, -0.2) is 9.97 Å². The van der Waals surface area contributed by atoms with E-state index in [1.807, 2.05) is 0 Å². The summed E-state index contributed by atoms with van der Waals surface area (Å²) in [4.78, 5) is 6.89. The molecule has 4 nitrogen and oxygen atoms in total. The number of halogens is 11. The van der Waals surface area contributed by atoms with Gasteiger partial charge in [-0.2, -0.15) is 39.5 Å². The summed E-state index contributed by atoms with van der Waals surface area (Å²) in [7, 11) is 0. The van der Waals surface area contributed by atoms with Gasteiger partial charge in [-0.1, -0.05) is 29.3 Å². The molecule has 4 aromatic rings. The molecule has 0 amide bonds. The molecule has 15 heteroatoms. The summed E-state index contributed by atoms with van der Waals surface area (Å²) in [5.41, 5.74) is -3.24. The fourth-order valence-electron chi connectivity index (χ4n) is 3.88. The first-order chi connectivity index (χ1) is 19.4. The Kier molecular flexibility index (Phi) is 8.31. The maximum atomic E-state index is 13.7. The highest BCUT2D eigenvalue weighted by Crippen LogP contribution is 2.46. The average molecular weight is 640 g/mol. The van der Waals surface area contributed by atoms with Gasteiger partial charge >= 0.3 is 18.5 Å². The maximum Gasteiger partial charge on any atom is 0.421 e. The fraction of sp³-hybridized carbons (Fsp3) is 0.185. The number of benzene rings is 2. The first-order valence-corrected chi connectivity index (χ1v) is 12.2. The summed E-state index contributed by atoms with van der Waals surface area (Å²) in [5, 5.41) is -0.606. The highest BCUT2D eigenvalue weighted by Gasteiger charge is 2.40. The van der Waals surface area contributed by atoms with Gasteiger partial charge in [-0.05, 0) is 66.9 Å². The zero-order valence-electron chi connectivity index (χ0n) is 21.0. The van der Waals surface area contributed by atoms with E-state index in [1.165, 1.54) is 24.3 Å². The molecule has 0 spiro atoms. The monoisotopic (exact) mass is 639 g/mol. The van der Waals surface area contributed by atoms with E-state index in [4.69, 9.17) is 32.7 Å². The lowest BCUT2D eigenvalue weighted by Crippen LogP contribution is -2.13. The van der Waals surface area contributed by atoms with Crippen molar-refractivity contribution in [1.82, 2.24) is 9.97 Å². The van der Waals surface area contributed by atoms with E-state index in [9.17, 15) is 39.5 Å². The van der Waals surface area contributed by atoms with Crippen molar-refractivity contribution in [2.24, 2.45) is 0 Å². The lowest BCUT2D eigenvalue weighted by atomic mass is 9.94. The highest BCUT2D eigenvalue weighted by molar-refractivity contribution is 6.32. The van der Waals surface area contributed by atoms with Gasteiger partial charge in [0, 0.05) is 18.0 Å². The van der Waals surface area contributed by atoms with Gasteiger partial charge in [0.25, 0.3) is 0 Å². The quantitative estimate of drug-likeness (QED) is 0.204. The molecule has 0 saturated carbocycles. The zero-order chi connectivity index (χ0) is 31.2. The van der Waals surface area contributed by atoms with Gasteiger partial charge < -0.3 is 9.47 Å². The molecule has 2 heterocycles. The number of pyridine rings is 2. The minimum Gasteiger partial charge on any atom is -0.438 e. The second-order valence-corrected chi connectivity index (χ2v) is 9.56. The largest absolute Gasteiger partial charge is 0.438 e. The number of ether oxygens (including phenoxy) is 2. The number of rotatable bonds is 5. The first kappa shape index (κ1) is 31.2. The van der Waals surface area contributed by atoms with Gasteiger partial charge in [0.1, 0.15) is 16.3 Å². The van der Waals surface area contributed by atoms with Crippen LogP contribution in [0.25, 0.3) is 11.1 Å². The Morgan fingerprint density at radius 3 is 1.76 bits per heavy atom. The van der Waals surface area contributed by atoms with Gasteiger partial charge in [-0.25, -0.2) is 9.97 Å². The molecule has 0 saturated heterocycles. The van der Waals surface area contributed by atoms with Crippen molar-refractivity contribution in [2.45, 2.75) is 32.4 Å². The Labute approximate surface area is 241 Å². The Hall–Kier alpha value is -3.71. The van der Waals surface area contributed by atoms with Crippen LogP contribution in [0.15, 0.2) is 48.8 Å². The van der Waals surface area contributed by atoms with Gasteiger partial charge in [0.2, 0.25) is 11.8 Å². The molecule has 2 aromatic heterocycles. The molecular weight excluding hydrogens is 626 g/mol. The van der Waals surface area contributed by atoms with Crippen LogP contribution in [0.3, 0.4) is 0 Å². The number of aromatic nitrogens is 2. The Balaban J connectivity index is 1.75. The molecular formula is C27H14Cl2F9N2O2. The van der Waals surface area contributed by atoms with Crippen molar-refractivity contribution in [1.29, 1.82) is 0 Å². The number of hydrogen-bond donors (Lipinski definition) is 0. The van der Waals surface area contributed by atoms with E-state index in [1.54, 1.807) is 13.8 Å². The molecule has 0 bridgehead atoms. The van der Waals surface area contributed by atoms with Crippen LogP contribution in [0.1, 0.15) is 27.8 Å². The summed E-state index contributed by atoms with van der Waals surface area (Å²) < 4.78 is 130. The normalized spacial score (nSPS) is 12.4. The third-order valence-electron chi connectivity index (χ3n) is 5.69. The van der Waals surface area contributed by atoms with Crippen LogP contribution >= 0.6 is 23.2 Å². The van der Waals surface area contributed by atoms with Crippen LogP contribution in [0.5, 0.6) is 23.3 Å². The minimum atomic E-state index is -5.26. The molecule has 42 heavy (non-hydrogen) atoms. The second kappa shape index (κ2) is 11.2. The van der Waals surface area contributed by atoms with Gasteiger partial charge in [0.15, 0.2) is 5.75 Å². The third kappa shape index (κ3) is 6.67. The SMILES string of the molecule is Cc1cc(Oc2ncc(C(F)(F)F)cc2Cl)cc(C)c1-c1[c]ccc(Cl)c1Oc1ncc(C(F)(F)F)cc1C(F)(F)F. The second-order valence-electron chi connectivity index (χ2n) is 8.75. The molecule has 0 N–H and O–H groups in total. The molecule has 0 atom stereocenters. The maximum absolute atomic E-state index is 13.7. The minimum absolute atomic E-state index is 0.0459. The van der Waals surface area contributed by atoms with Gasteiger partial charge in [-0.15, -0.1) is 0 Å². The lowest BCUT2D eigenvalue weighted by Gasteiger charge is -2.19. The molecule has 0 aliphatic carbocycles. The number of alkyl halides is 9. The predicted molar refractivity (Wildman–Crippen MR) is 134 cm³/mol. The van der Waals surface area contributed by atoms with Crippen LogP contribution in [0.2, 0.25) is 10.0 Å². The van der Waals surface area contributed by atoms with E-state index in [2.05, 4.69) is 16.0 Å². The van der Waals surface area contributed by atoms with Crippen molar-refractivity contribution in [3.8, 4) is 34.4 Å². The molecule has 2 aromatic carbocycles. The molecule has 4 rings (SSSR count). The lowest BCUT2D eigenvalue weighted by molar-refractivity contribution is -0.144. The Bertz CT molecular complexity index is 1630. The van der Waals surface area contributed by atoms with E-state index in [0.717, 1.165) is 0 Å². The van der Waals surface area contributed by atoms with E-state index < -0.39 is 46.1 Å². The first-order valence-electron chi connectivity index (χ1n) is 11.4. The standard InChI is InChI=1S/C27H14Cl2F9N2O2/c1-12-6-16(41-24-20(29)9-15(11-40-24)26(33,34)35)7-13(2)21(12)17-4-3-5-19(28)22(17)42-23-18(27(36,37)38)8-14(10-39-23)25(30,31)32/h3,5-11H,1-2H3. The van der Waals surface area contributed by atoms with Crippen LogP contribution < -0.4 is 9.47 Å². The summed E-state index contributed by atoms with van der Waals surface area (Å²) in [6, 6.07) is 8.81. The molecule has 0 aliphatic heterocycles. The van der Waals surface area contributed by atoms with Gasteiger partial charge in [-0.3, -0.25) is 0 Å². The fourth-order valence-corrected chi connectivity index (χ4v) is 4.28. The topological polar surface area (TPSA) is 44.2 Å². The molecule has 1 radical (unpaired) electrons. The van der Waals surface area contributed by atoms with Crippen molar-refractivity contribution < 1.29 is 49.0 Å². The average Bonchev–Trinajstić information content (AvgIpc) is 2.85. The van der Waals surface area contributed by atoms with Crippen molar-refractivity contribution in [3.63, 3.8) is 0 Å². The summed E-state index contributed by atoms with van der Waals surface area (Å²) in [5.74, 6) is -1.75. The predicted octanol–water partition coefficient (Wildman–Crippen LogP) is 10.5. The van der Waals surface area contributed by atoms with Crippen molar-refractivity contribution >= 4 is 23.2 Å². The third-order valence-corrected chi connectivity index (χ3v) is 6.26. The summed E-state index contributed by atoms with van der Waals surface area (Å²) >= 11 is 12.2. The zero-order valence-corrected chi connectivity index (χ0v) is 22.5. The van der Waals surface area contributed by atoms with Crippen LogP contribution in [0, 0.1) is 19.9 Å². The molecule has 0 fully saturated rings. The Morgan fingerprint density at radius 1 is 0.690 bits per heavy atom. The van der Waals surface area contributed by atoms with E-state index >= 15 is 0 Å². The highest BCUT2D eigenvalue weighted by atomic mass is 35.5. The van der Waals surface area contributed by atoms with Crippen LogP contribution in [0.4, 0.5) is 39.5 Å². The van der Waals surface area contributed by atoms with Gasteiger partial charge in [0.05, 0.1) is 16.1 Å². The molecule has 221 valence electrons. The number of hydrogen-bond acceptors (Lipinski definition) is 4. The van der Waals surface area contributed by atoms with Crippen molar-refractivity contribution in [3.05, 3.63) is 92.7 Å². The van der Waals surface area contributed by atoms with E-state index in [0.29, 0.717) is 29.0 Å². The molecule has 0 unspecified atom stereocenters. The summed E-state index contributed by atoms with van der Waals surface area (Å²) in [6.45, 7) is 3.15. The van der Waals surface area contributed by atoms with Crippen molar-refractivity contribution in [2.75, 3.05) is 0 Å². The van der Waals surface area contributed by atoms with E-state index in [-0.39, 0.29) is 40.2 Å². The summed E-state index contributed by atoms with van der Waals surface area (Å²) in [6.07, 6.45) is -14.3. The smallest absolute Gasteiger partial charge is 0.421 e. The van der Waals surface area contributed by atoms with Crippen LogP contribution in [-0.2, 0) is 18.5 Å². The number of nitrogens with zero attached hydrogens (tertiary/aromatic N) is 2. The number of aryl methyl sites for hydroxylation is 2.